The minimum Gasteiger partial charge on any atom is -0.466 e. The molecule has 3 heteroatoms. The molecule has 0 radical (unpaired) electrons. The van der Waals surface area contributed by atoms with E-state index in [0.717, 1.165) is 6.42 Å². The summed E-state index contributed by atoms with van der Waals surface area (Å²) in [6.45, 7) is 2.37. The van der Waals surface area contributed by atoms with Crippen LogP contribution in [0.25, 0.3) is 0 Å². The average Bonchev–Trinajstić information content (AvgIpc) is 2.47. The van der Waals surface area contributed by atoms with Crippen molar-refractivity contribution in [3.05, 3.63) is 0 Å². The summed E-state index contributed by atoms with van der Waals surface area (Å²) in [5, 5.41) is 0. The summed E-state index contributed by atoms with van der Waals surface area (Å²) in [5.41, 5.74) is 5.91. The second kappa shape index (κ2) is 2.08. The number of esters is 1. The van der Waals surface area contributed by atoms with E-state index in [2.05, 4.69) is 0 Å². The van der Waals surface area contributed by atoms with E-state index in [1.807, 2.05) is 6.92 Å². The first-order valence-electron chi connectivity index (χ1n) is 5.14. The molecule has 0 spiro atoms. The summed E-state index contributed by atoms with van der Waals surface area (Å²) in [5.74, 6) is 1.68. The van der Waals surface area contributed by atoms with Crippen LogP contribution in [0.3, 0.4) is 0 Å². The van der Waals surface area contributed by atoms with Gasteiger partial charge >= 0.3 is 5.97 Å². The first-order valence-corrected chi connectivity index (χ1v) is 5.14. The summed E-state index contributed by atoms with van der Waals surface area (Å²) in [6.07, 6.45) is 2.17. The van der Waals surface area contributed by atoms with Gasteiger partial charge in [0.25, 0.3) is 0 Å². The van der Waals surface area contributed by atoms with Gasteiger partial charge in [0, 0.05) is 6.04 Å². The standard InChI is InChI=1S/C10H15NO2/c1-2-13-9(12)10-4-5-3-6(10)7(10)8(5)11/h5-8H,2-4,11H2,1H3. The highest BCUT2D eigenvalue weighted by atomic mass is 16.5. The molecule has 4 fully saturated rings. The fourth-order valence-corrected chi connectivity index (χ4v) is 3.87. The molecule has 4 aliphatic carbocycles. The van der Waals surface area contributed by atoms with Gasteiger partial charge in [-0.25, -0.2) is 0 Å². The molecule has 0 aromatic rings. The maximum Gasteiger partial charge on any atom is 0.312 e. The quantitative estimate of drug-likeness (QED) is 0.632. The molecule has 0 aromatic heterocycles. The topological polar surface area (TPSA) is 52.3 Å². The fourth-order valence-electron chi connectivity index (χ4n) is 3.87. The van der Waals surface area contributed by atoms with Crippen molar-refractivity contribution in [2.24, 2.45) is 28.9 Å². The normalized spacial score (nSPS) is 55.2. The van der Waals surface area contributed by atoms with Crippen LogP contribution in [0.1, 0.15) is 19.8 Å². The SMILES string of the molecule is CCOC(=O)C12CC3CC1C2C3N. The first-order chi connectivity index (χ1) is 6.21. The Kier molecular flexibility index (Phi) is 1.25. The molecule has 13 heavy (non-hydrogen) atoms. The highest BCUT2D eigenvalue weighted by Gasteiger charge is 2.82. The van der Waals surface area contributed by atoms with Gasteiger partial charge in [0.05, 0.1) is 12.0 Å². The molecule has 3 nitrogen and oxygen atoms in total. The number of hydrogen-bond acceptors (Lipinski definition) is 3. The van der Waals surface area contributed by atoms with Crippen LogP contribution in [0, 0.1) is 23.2 Å². The van der Waals surface area contributed by atoms with Gasteiger partial charge in [-0.1, -0.05) is 0 Å². The number of rotatable bonds is 2. The lowest BCUT2D eigenvalue weighted by molar-refractivity contribution is -0.150. The summed E-state index contributed by atoms with van der Waals surface area (Å²) in [7, 11) is 0. The molecule has 4 aliphatic rings. The molecule has 0 aromatic carbocycles. The van der Waals surface area contributed by atoms with Crippen LogP contribution in [0.5, 0.6) is 0 Å². The third kappa shape index (κ3) is 0.654. The van der Waals surface area contributed by atoms with Gasteiger partial charge in [-0.05, 0) is 37.5 Å². The number of hydrogen-bond donors (Lipinski definition) is 1. The van der Waals surface area contributed by atoms with Crippen LogP contribution >= 0.6 is 0 Å². The molecule has 2 N–H and O–H groups in total. The highest BCUT2D eigenvalue weighted by Crippen LogP contribution is 2.78. The molecular formula is C10H15NO2. The molecule has 72 valence electrons. The maximum atomic E-state index is 11.7. The minimum atomic E-state index is -0.111. The van der Waals surface area contributed by atoms with Crippen LogP contribution in [-0.2, 0) is 9.53 Å². The largest absolute Gasteiger partial charge is 0.466 e. The predicted octanol–water partition coefficient (Wildman–Crippen LogP) is 0.533. The lowest BCUT2D eigenvalue weighted by Gasteiger charge is -2.08. The van der Waals surface area contributed by atoms with E-state index in [-0.39, 0.29) is 17.4 Å². The van der Waals surface area contributed by atoms with E-state index in [9.17, 15) is 4.79 Å². The molecule has 0 heterocycles. The zero-order valence-corrected chi connectivity index (χ0v) is 7.82. The van der Waals surface area contributed by atoms with Crippen molar-refractivity contribution in [2.75, 3.05) is 6.61 Å². The zero-order chi connectivity index (χ0) is 9.22. The van der Waals surface area contributed by atoms with Crippen LogP contribution in [0.4, 0.5) is 0 Å². The second-order valence-electron chi connectivity index (χ2n) is 4.67. The van der Waals surface area contributed by atoms with E-state index in [1.165, 1.54) is 6.42 Å². The van der Waals surface area contributed by atoms with Crippen LogP contribution < -0.4 is 5.73 Å². The number of nitrogens with two attached hydrogens (primary N) is 1. The molecule has 4 saturated carbocycles. The fraction of sp³-hybridized carbons (Fsp3) is 0.900. The average molecular weight is 181 g/mol. The number of carbonyl (C=O) groups excluding carboxylic acids is 1. The smallest absolute Gasteiger partial charge is 0.312 e. The number of carbonyl (C=O) groups is 1. The van der Waals surface area contributed by atoms with Crippen molar-refractivity contribution in [2.45, 2.75) is 25.8 Å². The Morgan fingerprint density at radius 1 is 1.69 bits per heavy atom. The van der Waals surface area contributed by atoms with E-state index < -0.39 is 0 Å². The van der Waals surface area contributed by atoms with Crippen LogP contribution in [0.15, 0.2) is 0 Å². The van der Waals surface area contributed by atoms with Gasteiger partial charge in [0.1, 0.15) is 0 Å². The minimum absolute atomic E-state index is 0.0282. The van der Waals surface area contributed by atoms with Crippen molar-refractivity contribution in [3.63, 3.8) is 0 Å². The Morgan fingerprint density at radius 3 is 2.85 bits per heavy atom. The van der Waals surface area contributed by atoms with Crippen molar-refractivity contribution in [1.82, 2.24) is 0 Å². The first kappa shape index (κ1) is 7.80. The molecule has 5 atom stereocenters. The lowest BCUT2D eigenvalue weighted by atomic mass is 10.1. The molecule has 0 saturated heterocycles. The summed E-state index contributed by atoms with van der Waals surface area (Å²) in [6, 6.07) is 0.286. The van der Waals surface area contributed by atoms with E-state index >= 15 is 0 Å². The Balaban J connectivity index is 1.84. The highest BCUT2D eigenvalue weighted by molar-refractivity contribution is 5.83. The van der Waals surface area contributed by atoms with E-state index in [0.29, 0.717) is 24.4 Å². The lowest BCUT2D eigenvalue weighted by Crippen LogP contribution is -2.24. The summed E-state index contributed by atoms with van der Waals surface area (Å²) in [4.78, 5) is 11.7. The van der Waals surface area contributed by atoms with Gasteiger partial charge in [-0.15, -0.1) is 0 Å². The van der Waals surface area contributed by atoms with Crippen LogP contribution in [0.2, 0.25) is 0 Å². The monoisotopic (exact) mass is 181 g/mol. The Labute approximate surface area is 77.6 Å². The molecular weight excluding hydrogens is 166 g/mol. The predicted molar refractivity (Wildman–Crippen MR) is 46.7 cm³/mol. The molecule has 4 rings (SSSR count). The van der Waals surface area contributed by atoms with Crippen molar-refractivity contribution < 1.29 is 9.53 Å². The van der Waals surface area contributed by atoms with Crippen molar-refractivity contribution in [3.8, 4) is 0 Å². The molecule has 4 bridgehead atoms. The van der Waals surface area contributed by atoms with Gasteiger partial charge in [-0.3, -0.25) is 4.79 Å². The summed E-state index contributed by atoms with van der Waals surface area (Å²) >= 11 is 0. The zero-order valence-electron chi connectivity index (χ0n) is 7.82. The van der Waals surface area contributed by atoms with E-state index in [4.69, 9.17) is 10.5 Å². The third-order valence-corrected chi connectivity index (χ3v) is 4.35. The number of ether oxygens (including phenoxy) is 1. The van der Waals surface area contributed by atoms with Gasteiger partial charge in [0.2, 0.25) is 0 Å². The van der Waals surface area contributed by atoms with Crippen molar-refractivity contribution in [1.29, 1.82) is 0 Å². The second-order valence-corrected chi connectivity index (χ2v) is 4.67. The molecule has 0 amide bonds. The molecule has 5 unspecified atom stereocenters. The maximum absolute atomic E-state index is 11.7. The Hall–Kier alpha value is -0.570. The van der Waals surface area contributed by atoms with Gasteiger partial charge in [0.15, 0.2) is 0 Å². The summed E-state index contributed by atoms with van der Waals surface area (Å²) < 4.78 is 5.12. The molecule has 0 aliphatic heterocycles. The third-order valence-electron chi connectivity index (χ3n) is 4.35. The Bertz CT molecular complexity index is 278. The van der Waals surface area contributed by atoms with Crippen molar-refractivity contribution >= 4 is 5.97 Å². The van der Waals surface area contributed by atoms with Crippen LogP contribution in [-0.4, -0.2) is 18.6 Å². The van der Waals surface area contributed by atoms with E-state index in [1.54, 1.807) is 0 Å². The van der Waals surface area contributed by atoms with Gasteiger partial charge in [-0.2, -0.15) is 0 Å². The Morgan fingerprint density at radius 2 is 2.46 bits per heavy atom. The van der Waals surface area contributed by atoms with Gasteiger partial charge < -0.3 is 10.5 Å².